The van der Waals surface area contributed by atoms with Crippen LogP contribution in [0.3, 0.4) is 0 Å². The molecule has 0 aliphatic heterocycles. The summed E-state index contributed by atoms with van der Waals surface area (Å²) in [5.74, 6) is 0. The lowest BCUT2D eigenvalue weighted by atomic mass is 10.0. The highest BCUT2D eigenvalue weighted by atomic mass is 35.5. The van der Waals surface area contributed by atoms with Crippen molar-refractivity contribution < 1.29 is 34.8 Å². The van der Waals surface area contributed by atoms with Gasteiger partial charge in [0.2, 0.25) is 10.0 Å². The number of alkyl halides is 6. The van der Waals surface area contributed by atoms with E-state index in [9.17, 15) is 34.8 Å². The van der Waals surface area contributed by atoms with Gasteiger partial charge in [0.25, 0.3) is 0 Å². The van der Waals surface area contributed by atoms with Crippen LogP contribution in [-0.2, 0) is 28.9 Å². The van der Waals surface area contributed by atoms with Crippen molar-refractivity contribution in [2.24, 2.45) is 0 Å². The Hall–Kier alpha value is -1.78. The normalized spacial score (nSPS) is 13.0. The Morgan fingerprint density at radius 1 is 0.885 bits per heavy atom. The first kappa shape index (κ1) is 20.5. The maximum absolute atomic E-state index is 12.8. The number of halogens is 7. The van der Waals surface area contributed by atoms with Crippen LogP contribution in [0.25, 0.3) is 0 Å². The maximum atomic E-state index is 12.8. The third-order valence-electron chi connectivity index (χ3n) is 3.24. The standard InChI is InChI=1S/C15H10ClF6NO2S/c16-12-3-1-2-4-13(12)26(24,25)23-8-9-5-10(14(17,18)19)7-11(6-9)15(20,21)22/h1-7,23H,8H2. The van der Waals surface area contributed by atoms with E-state index >= 15 is 0 Å². The highest BCUT2D eigenvalue weighted by Gasteiger charge is 2.37. The largest absolute Gasteiger partial charge is 0.416 e. The molecule has 2 aromatic carbocycles. The molecular formula is C15H10ClF6NO2S. The summed E-state index contributed by atoms with van der Waals surface area (Å²) in [5.41, 5.74) is -3.55. The first-order valence-electron chi connectivity index (χ1n) is 6.83. The van der Waals surface area contributed by atoms with E-state index in [4.69, 9.17) is 11.6 Å². The Bertz CT molecular complexity index is 877. The lowest BCUT2D eigenvalue weighted by molar-refractivity contribution is -0.143. The van der Waals surface area contributed by atoms with Crippen molar-refractivity contribution in [2.75, 3.05) is 0 Å². The van der Waals surface area contributed by atoms with Gasteiger partial charge < -0.3 is 0 Å². The average Bonchev–Trinajstić information content (AvgIpc) is 2.51. The molecule has 0 aromatic heterocycles. The first-order valence-corrected chi connectivity index (χ1v) is 8.69. The number of hydrogen-bond donors (Lipinski definition) is 1. The van der Waals surface area contributed by atoms with E-state index in [2.05, 4.69) is 0 Å². The zero-order valence-electron chi connectivity index (χ0n) is 12.6. The van der Waals surface area contributed by atoms with Crippen molar-refractivity contribution in [3.8, 4) is 0 Å². The Morgan fingerprint density at radius 3 is 1.85 bits per heavy atom. The molecule has 0 aliphatic carbocycles. The summed E-state index contributed by atoms with van der Waals surface area (Å²) in [7, 11) is -4.23. The van der Waals surface area contributed by atoms with Gasteiger partial charge in [-0.2, -0.15) is 26.3 Å². The zero-order chi connectivity index (χ0) is 19.8. The maximum Gasteiger partial charge on any atom is 0.416 e. The molecule has 2 rings (SSSR count). The van der Waals surface area contributed by atoms with Gasteiger partial charge in [0.1, 0.15) is 4.90 Å². The molecule has 1 N–H and O–H groups in total. The van der Waals surface area contributed by atoms with Crippen LogP contribution in [0.1, 0.15) is 16.7 Å². The molecule has 26 heavy (non-hydrogen) atoms. The first-order chi connectivity index (χ1) is 11.8. The van der Waals surface area contributed by atoms with E-state index in [1.165, 1.54) is 18.2 Å². The highest BCUT2D eigenvalue weighted by molar-refractivity contribution is 7.89. The van der Waals surface area contributed by atoms with Crippen LogP contribution in [0.2, 0.25) is 5.02 Å². The van der Waals surface area contributed by atoms with Crippen LogP contribution in [0, 0.1) is 0 Å². The summed E-state index contributed by atoms with van der Waals surface area (Å²) in [6.07, 6.45) is -10.0. The second kappa shape index (κ2) is 7.09. The molecule has 0 heterocycles. The molecule has 2 aromatic rings. The number of hydrogen-bond acceptors (Lipinski definition) is 2. The fourth-order valence-electron chi connectivity index (χ4n) is 2.04. The fourth-order valence-corrected chi connectivity index (χ4v) is 3.58. The topological polar surface area (TPSA) is 46.2 Å². The predicted octanol–water partition coefficient (Wildman–Crippen LogP) is 4.86. The third kappa shape index (κ3) is 4.89. The minimum atomic E-state index is -5.02. The molecule has 0 bridgehead atoms. The molecular weight excluding hydrogens is 408 g/mol. The van der Waals surface area contributed by atoms with Crippen LogP contribution >= 0.6 is 11.6 Å². The molecule has 3 nitrogen and oxygen atoms in total. The van der Waals surface area contributed by atoms with Gasteiger partial charge >= 0.3 is 12.4 Å². The summed E-state index contributed by atoms with van der Waals surface area (Å²) in [6, 6.07) is 6.12. The number of rotatable bonds is 4. The van der Waals surface area contributed by atoms with Crippen molar-refractivity contribution in [3.05, 3.63) is 64.2 Å². The number of sulfonamides is 1. The monoisotopic (exact) mass is 417 g/mol. The molecule has 0 radical (unpaired) electrons. The van der Waals surface area contributed by atoms with Crippen molar-refractivity contribution in [1.82, 2.24) is 4.72 Å². The van der Waals surface area contributed by atoms with E-state index in [-0.39, 0.29) is 16.0 Å². The summed E-state index contributed by atoms with van der Waals surface area (Å²) in [5, 5.41) is -0.139. The highest BCUT2D eigenvalue weighted by Crippen LogP contribution is 2.36. The number of nitrogens with one attached hydrogen (secondary N) is 1. The van der Waals surface area contributed by atoms with Crippen LogP contribution in [0.4, 0.5) is 26.3 Å². The summed E-state index contributed by atoms with van der Waals surface area (Å²) in [4.78, 5) is -0.343. The molecule has 11 heteroatoms. The third-order valence-corrected chi connectivity index (χ3v) is 5.14. The Labute approximate surface area is 149 Å². The van der Waals surface area contributed by atoms with Crippen LogP contribution < -0.4 is 4.72 Å². The SMILES string of the molecule is O=S(=O)(NCc1cc(C(F)(F)F)cc(C(F)(F)F)c1)c1ccccc1Cl. The van der Waals surface area contributed by atoms with E-state index < -0.39 is 45.6 Å². The van der Waals surface area contributed by atoms with E-state index in [1.54, 1.807) is 0 Å². The van der Waals surface area contributed by atoms with Gasteiger partial charge in [-0.3, -0.25) is 0 Å². The Kier molecular flexibility index (Phi) is 5.60. The molecule has 0 atom stereocenters. The smallest absolute Gasteiger partial charge is 0.207 e. The van der Waals surface area contributed by atoms with Gasteiger partial charge in [0.15, 0.2) is 0 Å². The van der Waals surface area contributed by atoms with Crippen molar-refractivity contribution >= 4 is 21.6 Å². The molecule has 0 spiro atoms. The fraction of sp³-hybridized carbons (Fsp3) is 0.200. The minimum Gasteiger partial charge on any atom is -0.207 e. The van der Waals surface area contributed by atoms with Gasteiger partial charge in [-0.05, 0) is 35.9 Å². The molecule has 0 unspecified atom stereocenters. The quantitative estimate of drug-likeness (QED) is 0.722. The Balaban J connectivity index is 2.36. The summed E-state index contributed by atoms with van der Waals surface area (Å²) in [6.45, 7) is -0.777. The van der Waals surface area contributed by atoms with Crippen molar-refractivity contribution in [3.63, 3.8) is 0 Å². The second-order valence-corrected chi connectivity index (χ2v) is 7.31. The Morgan fingerprint density at radius 2 is 1.38 bits per heavy atom. The van der Waals surface area contributed by atoms with Crippen LogP contribution in [0.15, 0.2) is 47.4 Å². The lowest BCUT2D eigenvalue weighted by Crippen LogP contribution is -2.24. The van der Waals surface area contributed by atoms with Crippen molar-refractivity contribution in [2.45, 2.75) is 23.8 Å². The molecule has 142 valence electrons. The van der Waals surface area contributed by atoms with Gasteiger partial charge in [0, 0.05) is 6.54 Å². The second-order valence-electron chi connectivity index (χ2n) is 5.17. The zero-order valence-corrected chi connectivity index (χ0v) is 14.2. The van der Waals surface area contributed by atoms with Crippen LogP contribution in [-0.4, -0.2) is 8.42 Å². The van der Waals surface area contributed by atoms with E-state index in [0.29, 0.717) is 12.1 Å². The lowest BCUT2D eigenvalue weighted by Gasteiger charge is -2.15. The van der Waals surface area contributed by atoms with Gasteiger partial charge in [-0.15, -0.1) is 0 Å². The summed E-state index contributed by atoms with van der Waals surface area (Å²) >= 11 is 5.74. The molecule has 0 fully saturated rings. The summed E-state index contributed by atoms with van der Waals surface area (Å²) < 4.78 is 103. The number of benzene rings is 2. The van der Waals surface area contributed by atoms with Crippen molar-refractivity contribution in [1.29, 1.82) is 0 Å². The van der Waals surface area contributed by atoms with Crippen LogP contribution in [0.5, 0.6) is 0 Å². The molecule has 0 amide bonds. The molecule has 0 aliphatic rings. The van der Waals surface area contributed by atoms with E-state index in [0.717, 1.165) is 6.07 Å². The van der Waals surface area contributed by atoms with Gasteiger partial charge in [0.05, 0.1) is 16.1 Å². The molecule has 0 saturated carbocycles. The van der Waals surface area contributed by atoms with Gasteiger partial charge in [-0.25, -0.2) is 13.1 Å². The molecule has 0 saturated heterocycles. The van der Waals surface area contributed by atoms with E-state index in [1.807, 2.05) is 4.72 Å². The minimum absolute atomic E-state index is 0.0357. The van der Waals surface area contributed by atoms with Gasteiger partial charge in [-0.1, -0.05) is 23.7 Å². The predicted molar refractivity (Wildman–Crippen MR) is 81.9 cm³/mol. The average molecular weight is 418 g/mol.